The highest BCUT2D eigenvalue weighted by atomic mass is 32.1. The third-order valence-corrected chi connectivity index (χ3v) is 9.71. The van der Waals surface area contributed by atoms with Gasteiger partial charge in [0.2, 0.25) is 8.32 Å². The maximum absolute atomic E-state index is 6.68. The zero-order chi connectivity index (χ0) is 21.4. The Morgan fingerprint density at radius 1 is 0.774 bits per heavy atom. The zero-order valence-corrected chi connectivity index (χ0v) is 19.2. The van der Waals surface area contributed by atoms with Crippen molar-refractivity contribution in [1.82, 2.24) is 10.5 Å². The van der Waals surface area contributed by atoms with Crippen LogP contribution < -0.4 is 5.48 Å². The largest absolute Gasteiger partial charge is 0.321 e. The molecule has 0 amide bonds. The number of hydroxylamine groups is 1. The van der Waals surface area contributed by atoms with Crippen LogP contribution in [0.5, 0.6) is 0 Å². The summed E-state index contributed by atoms with van der Waals surface area (Å²) in [6, 6.07) is 34.6. The van der Waals surface area contributed by atoms with E-state index in [9.17, 15) is 0 Å². The molecule has 0 spiro atoms. The van der Waals surface area contributed by atoms with Crippen LogP contribution in [-0.4, -0.2) is 13.3 Å². The number of thiazole rings is 1. The van der Waals surface area contributed by atoms with Crippen LogP contribution in [0.2, 0.25) is 0 Å². The first-order valence-corrected chi connectivity index (χ1v) is 13.8. The quantitative estimate of drug-likeness (QED) is 0.244. The van der Waals surface area contributed by atoms with Crippen molar-refractivity contribution in [3.05, 3.63) is 131 Å². The molecular weight excluding hydrogens is 416 g/mol. The second-order valence-electron chi connectivity index (χ2n) is 7.69. The van der Waals surface area contributed by atoms with E-state index in [0.29, 0.717) is 5.70 Å². The summed E-state index contributed by atoms with van der Waals surface area (Å²) in [6.07, 6.45) is 1.79. The van der Waals surface area contributed by atoms with Gasteiger partial charge in [-0.3, -0.25) is 5.48 Å². The number of aromatic nitrogens is 1. The van der Waals surface area contributed by atoms with E-state index in [0.717, 1.165) is 23.1 Å². The molecule has 0 radical (unpaired) electrons. The molecule has 4 aromatic rings. The van der Waals surface area contributed by atoms with Gasteiger partial charge in [-0.2, -0.15) is 0 Å². The van der Waals surface area contributed by atoms with Crippen LogP contribution in [-0.2, 0) is 22.7 Å². The van der Waals surface area contributed by atoms with Gasteiger partial charge in [-0.05, 0) is 34.8 Å². The minimum atomic E-state index is -2.39. The fraction of sp³-hybridized carbons (Fsp3) is 0.115. The van der Waals surface area contributed by atoms with E-state index in [1.165, 1.54) is 16.7 Å². The molecule has 156 valence electrons. The summed E-state index contributed by atoms with van der Waals surface area (Å²) in [5, 5.41) is 2.80. The Bertz CT molecular complexity index is 969. The van der Waals surface area contributed by atoms with Crippen molar-refractivity contribution in [3.8, 4) is 0 Å². The number of nitrogens with one attached hydrogen (secondary N) is 1. The Balaban J connectivity index is 1.67. The Morgan fingerprint density at radius 3 is 1.61 bits per heavy atom. The Morgan fingerprint density at radius 2 is 1.23 bits per heavy atom. The SMILES string of the molecule is C=C(NO[Si](Cc1ccccc1)(Cc1ccccc1)Cc1ccccc1)c1nccs1. The van der Waals surface area contributed by atoms with Crippen LogP contribution in [0.3, 0.4) is 0 Å². The molecular formula is C26H26N2OSSi. The molecule has 0 aliphatic heterocycles. The van der Waals surface area contributed by atoms with E-state index in [4.69, 9.17) is 4.53 Å². The molecule has 3 aromatic carbocycles. The summed E-state index contributed by atoms with van der Waals surface area (Å²) in [4.78, 5) is 4.36. The number of nitrogens with zero attached hydrogens (tertiary/aromatic N) is 1. The van der Waals surface area contributed by atoms with Gasteiger partial charge in [0, 0.05) is 11.6 Å². The van der Waals surface area contributed by atoms with Crippen molar-refractivity contribution < 1.29 is 4.53 Å². The molecule has 0 saturated carbocycles. The van der Waals surface area contributed by atoms with Crippen molar-refractivity contribution >= 4 is 25.4 Å². The lowest BCUT2D eigenvalue weighted by molar-refractivity contribution is 0.231. The van der Waals surface area contributed by atoms with E-state index in [1.54, 1.807) is 17.5 Å². The predicted molar refractivity (Wildman–Crippen MR) is 132 cm³/mol. The molecule has 1 aromatic heterocycles. The smallest absolute Gasteiger partial charge is 0.242 e. The number of rotatable bonds is 10. The number of hydrogen-bond acceptors (Lipinski definition) is 4. The van der Waals surface area contributed by atoms with Crippen molar-refractivity contribution in [2.45, 2.75) is 18.1 Å². The molecule has 5 heteroatoms. The Labute approximate surface area is 189 Å². The van der Waals surface area contributed by atoms with E-state index >= 15 is 0 Å². The lowest BCUT2D eigenvalue weighted by atomic mass is 10.2. The normalized spacial score (nSPS) is 11.2. The maximum atomic E-state index is 6.68. The standard InChI is InChI=1S/C26H26N2OSSi/c1-22(26-27-17-18-30-26)28-29-31(19-23-11-5-2-6-12-23,20-24-13-7-3-8-14-24)21-25-15-9-4-10-16-25/h2-18,28H,1,19-21H2. The van der Waals surface area contributed by atoms with Crippen LogP contribution >= 0.6 is 11.3 Å². The van der Waals surface area contributed by atoms with Crippen molar-refractivity contribution in [1.29, 1.82) is 0 Å². The second-order valence-corrected chi connectivity index (χ2v) is 12.2. The van der Waals surface area contributed by atoms with Crippen LogP contribution in [0.15, 0.2) is 109 Å². The van der Waals surface area contributed by atoms with Gasteiger partial charge in [-0.25, -0.2) is 4.98 Å². The lowest BCUT2D eigenvalue weighted by Gasteiger charge is -2.32. The van der Waals surface area contributed by atoms with Gasteiger partial charge in [-0.15, -0.1) is 11.3 Å². The molecule has 3 nitrogen and oxygen atoms in total. The van der Waals surface area contributed by atoms with Crippen LogP contribution in [0.25, 0.3) is 5.70 Å². The summed E-state index contributed by atoms with van der Waals surface area (Å²) < 4.78 is 6.68. The van der Waals surface area contributed by atoms with Gasteiger partial charge in [0.05, 0.1) is 5.70 Å². The van der Waals surface area contributed by atoms with E-state index in [1.807, 2.05) is 5.38 Å². The highest BCUT2D eigenvalue weighted by molar-refractivity contribution is 7.10. The molecule has 4 rings (SSSR count). The molecule has 0 saturated heterocycles. The third-order valence-electron chi connectivity index (χ3n) is 5.19. The van der Waals surface area contributed by atoms with Crippen molar-refractivity contribution in [3.63, 3.8) is 0 Å². The van der Waals surface area contributed by atoms with Crippen LogP contribution in [0, 0.1) is 0 Å². The lowest BCUT2D eigenvalue weighted by Crippen LogP contribution is -2.50. The number of benzene rings is 3. The van der Waals surface area contributed by atoms with Gasteiger partial charge in [0.1, 0.15) is 5.01 Å². The first-order chi connectivity index (χ1) is 15.2. The monoisotopic (exact) mass is 442 g/mol. The highest BCUT2D eigenvalue weighted by Gasteiger charge is 2.37. The summed E-state index contributed by atoms with van der Waals surface area (Å²) in [7, 11) is -2.39. The van der Waals surface area contributed by atoms with E-state index < -0.39 is 8.32 Å². The maximum Gasteiger partial charge on any atom is 0.242 e. The predicted octanol–water partition coefficient (Wildman–Crippen LogP) is 5.93. The highest BCUT2D eigenvalue weighted by Crippen LogP contribution is 2.24. The number of hydrogen-bond donors (Lipinski definition) is 1. The third kappa shape index (κ3) is 6.01. The van der Waals surface area contributed by atoms with E-state index in [2.05, 4.69) is 108 Å². The molecule has 0 aliphatic carbocycles. The van der Waals surface area contributed by atoms with Crippen molar-refractivity contribution in [2.75, 3.05) is 0 Å². The van der Waals surface area contributed by atoms with Crippen LogP contribution in [0.1, 0.15) is 21.7 Å². The van der Waals surface area contributed by atoms with E-state index in [-0.39, 0.29) is 0 Å². The van der Waals surface area contributed by atoms with Crippen LogP contribution in [0.4, 0.5) is 0 Å². The first kappa shape index (κ1) is 21.2. The molecule has 0 bridgehead atoms. The van der Waals surface area contributed by atoms with Gasteiger partial charge in [0.25, 0.3) is 0 Å². The van der Waals surface area contributed by atoms with Gasteiger partial charge < -0.3 is 4.53 Å². The fourth-order valence-corrected chi connectivity index (χ4v) is 8.21. The second kappa shape index (κ2) is 10.4. The average Bonchev–Trinajstić information content (AvgIpc) is 3.35. The molecule has 1 N–H and O–H groups in total. The van der Waals surface area contributed by atoms with Gasteiger partial charge >= 0.3 is 0 Å². The molecule has 0 aliphatic rings. The average molecular weight is 443 g/mol. The topological polar surface area (TPSA) is 34.1 Å². The zero-order valence-electron chi connectivity index (χ0n) is 17.4. The first-order valence-electron chi connectivity index (χ1n) is 10.4. The minimum absolute atomic E-state index is 0.709. The summed E-state index contributed by atoms with van der Waals surface area (Å²) in [5.41, 5.74) is 7.79. The van der Waals surface area contributed by atoms with Gasteiger partial charge in [0.15, 0.2) is 0 Å². The molecule has 0 fully saturated rings. The minimum Gasteiger partial charge on any atom is -0.321 e. The fourth-order valence-electron chi connectivity index (χ4n) is 3.79. The molecule has 0 atom stereocenters. The van der Waals surface area contributed by atoms with Crippen molar-refractivity contribution in [2.24, 2.45) is 0 Å². The summed E-state index contributed by atoms with van der Waals surface area (Å²) in [6.45, 7) is 4.16. The Kier molecular flexibility index (Phi) is 7.09. The van der Waals surface area contributed by atoms with Gasteiger partial charge in [-0.1, -0.05) is 97.6 Å². The molecule has 31 heavy (non-hydrogen) atoms. The molecule has 0 unspecified atom stereocenters. The summed E-state index contributed by atoms with van der Waals surface area (Å²) in [5.74, 6) is 0. The summed E-state index contributed by atoms with van der Waals surface area (Å²) >= 11 is 1.56. The Hall–Kier alpha value is -2.99. The molecule has 1 heterocycles.